The van der Waals surface area contributed by atoms with Gasteiger partial charge in [0.15, 0.2) is 18.4 Å². The third-order valence-corrected chi connectivity index (χ3v) is 8.44. The summed E-state index contributed by atoms with van der Waals surface area (Å²) in [4.78, 5) is 0. The van der Waals surface area contributed by atoms with Crippen LogP contribution in [0.3, 0.4) is 0 Å². The van der Waals surface area contributed by atoms with Gasteiger partial charge in [-0.3, -0.25) is 0 Å². The van der Waals surface area contributed by atoms with Crippen LogP contribution >= 0.6 is 0 Å². The number of hydrogen-bond acceptors (Lipinski definition) is 0. The molecule has 0 spiro atoms. The van der Waals surface area contributed by atoms with Crippen molar-refractivity contribution in [3.05, 3.63) is 30.6 Å². The second-order valence-corrected chi connectivity index (χ2v) is 12.0. The molecule has 0 aliphatic carbocycles. The summed E-state index contributed by atoms with van der Waals surface area (Å²) in [6.45, 7) is 4.61. The zero-order valence-electron chi connectivity index (χ0n) is 25.7. The molecule has 0 aliphatic rings. The van der Waals surface area contributed by atoms with Crippen LogP contribution in [-0.4, -0.2) is 0 Å². The lowest BCUT2D eigenvalue weighted by Crippen LogP contribution is -2.38. The number of pyridine rings is 1. The Kier molecular flexibility index (Phi) is 26.0. The van der Waals surface area contributed by atoms with Gasteiger partial charge in [0.05, 0.1) is 0 Å². The molecular formula is C36H68N+. The van der Waals surface area contributed by atoms with Gasteiger partial charge in [-0.1, -0.05) is 174 Å². The van der Waals surface area contributed by atoms with Crippen molar-refractivity contribution in [3.63, 3.8) is 0 Å². The lowest BCUT2D eigenvalue weighted by atomic mass is 9.99. The zero-order valence-corrected chi connectivity index (χ0v) is 25.7. The first-order valence-electron chi connectivity index (χ1n) is 17.3. The van der Waals surface area contributed by atoms with E-state index in [-0.39, 0.29) is 0 Å². The molecule has 1 atom stereocenters. The van der Waals surface area contributed by atoms with Crippen LogP contribution in [0.15, 0.2) is 30.6 Å². The second kappa shape index (κ2) is 28.2. The maximum Gasteiger partial charge on any atom is 0.169 e. The van der Waals surface area contributed by atoms with Gasteiger partial charge in [0.25, 0.3) is 0 Å². The molecule has 1 heteroatoms. The van der Waals surface area contributed by atoms with E-state index in [9.17, 15) is 0 Å². The molecule has 0 saturated heterocycles. The van der Waals surface area contributed by atoms with E-state index < -0.39 is 0 Å². The molecule has 0 radical (unpaired) electrons. The highest BCUT2D eigenvalue weighted by Gasteiger charge is 2.16. The van der Waals surface area contributed by atoms with E-state index in [4.69, 9.17) is 0 Å². The average Bonchev–Trinajstić information content (AvgIpc) is 2.93. The molecule has 216 valence electrons. The van der Waals surface area contributed by atoms with Crippen LogP contribution in [0, 0.1) is 0 Å². The van der Waals surface area contributed by atoms with Crippen LogP contribution in [0.5, 0.6) is 0 Å². The van der Waals surface area contributed by atoms with Gasteiger partial charge >= 0.3 is 0 Å². The maximum atomic E-state index is 2.50. The molecule has 1 nitrogen and oxygen atoms in total. The minimum absolute atomic E-state index is 0.710. The molecule has 37 heavy (non-hydrogen) atoms. The minimum atomic E-state index is 0.710. The van der Waals surface area contributed by atoms with Gasteiger partial charge in [-0.25, -0.2) is 4.57 Å². The van der Waals surface area contributed by atoms with E-state index in [1.807, 2.05) is 0 Å². The first-order valence-corrected chi connectivity index (χ1v) is 17.3. The molecule has 0 aromatic carbocycles. The average molecular weight is 515 g/mol. The van der Waals surface area contributed by atoms with Crippen molar-refractivity contribution in [2.24, 2.45) is 0 Å². The molecule has 0 saturated carbocycles. The third-order valence-electron chi connectivity index (χ3n) is 8.44. The zero-order chi connectivity index (χ0) is 26.5. The minimum Gasteiger partial charge on any atom is -0.202 e. The number of hydrogen-bond donors (Lipinski definition) is 0. The fourth-order valence-corrected chi connectivity index (χ4v) is 5.89. The number of unbranched alkanes of at least 4 members (excludes halogenated alkanes) is 24. The summed E-state index contributed by atoms with van der Waals surface area (Å²) in [7, 11) is 0. The lowest BCUT2D eigenvalue weighted by molar-refractivity contribution is -0.724. The van der Waals surface area contributed by atoms with Crippen LogP contribution in [0.2, 0.25) is 0 Å². The lowest BCUT2D eigenvalue weighted by Gasteiger charge is -2.13. The summed E-state index contributed by atoms with van der Waals surface area (Å²) < 4.78 is 2.50. The molecule has 0 bridgehead atoms. The van der Waals surface area contributed by atoms with Crippen molar-refractivity contribution in [3.8, 4) is 0 Å². The Morgan fingerprint density at radius 1 is 0.351 bits per heavy atom. The summed E-state index contributed by atoms with van der Waals surface area (Å²) in [5, 5.41) is 0. The van der Waals surface area contributed by atoms with Gasteiger partial charge < -0.3 is 0 Å². The quantitative estimate of drug-likeness (QED) is 0.0739. The Hall–Kier alpha value is -0.850. The van der Waals surface area contributed by atoms with E-state index in [1.54, 1.807) is 0 Å². The van der Waals surface area contributed by atoms with Crippen molar-refractivity contribution >= 4 is 0 Å². The van der Waals surface area contributed by atoms with Gasteiger partial charge in [0, 0.05) is 25.0 Å². The van der Waals surface area contributed by atoms with E-state index in [2.05, 4.69) is 49.0 Å². The summed E-state index contributed by atoms with van der Waals surface area (Å²) >= 11 is 0. The Bertz CT molecular complexity index is 539. The molecular weight excluding hydrogens is 446 g/mol. The highest BCUT2D eigenvalue weighted by molar-refractivity contribution is 4.84. The molecule has 1 unspecified atom stereocenters. The van der Waals surface area contributed by atoms with Gasteiger partial charge in [-0.2, -0.15) is 0 Å². The van der Waals surface area contributed by atoms with E-state index >= 15 is 0 Å². The van der Waals surface area contributed by atoms with Crippen LogP contribution in [0.4, 0.5) is 0 Å². The molecule has 1 rings (SSSR count). The molecule has 0 aliphatic heterocycles. The number of rotatable bonds is 29. The first kappa shape index (κ1) is 34.2. The van der Waals surface area contributed by atoms with Crippen molar-refractivity contribution in [2.75, 3.05) is 0 Å². The van der Waals surface area contributed by atoms with Crippen molar-refractivity contribution < 1.29 is 4.57 Å². The molecule has 1 heterocycles. The summed E-state index contributed by atoms with van der Waals surface area (Å²) in [6.07, 6.45) is 44.9. The normalized spacial score (nSPS) is 12.3. The van der Waals surface area contributed by atoms with Gasteiger partial charge in [-0.05, 0) is 12.8 Å². The topological polar surface area (TPSA) is 3.88 Å². The molecule has 0 amide bonds. The summed E-state index contributed by atoms with van der Waals surface area (Å²) in [5.74, 6) is 0. The number of aromatic nitrogens is 1. The Morgan fingerprint density at radius 2 is 0.622 bits per heavy atom. The van der Waals surface area contributed by atoms with Gasteiger partial charge in [0.2, 0.25) is 0 Å². The van der Waals surface area contributed by atoms with Gasteiger partial charge in [-0.15, -0.1) is 0 Å². The Balaban J connectivity index is 1.99. The fraction of sp³-hybridized carbons (Fsp3) is 0.861. The van der Waals surface area contributed by atoms with Crippen molar-refractivity contribution in [1.82, 2.24) is 0 Å². The SMILES string of the molecule is CCCCCCCCCCCCCCCCCCC(CCCCCCCCCCCC)[n+]1ccccc1. The Morgan fingerprint density at radius 3 is 0.919 bits per heavy atom. The smallest absolute Gasteiger partial charge is 0.169 e. The monoisotopic (exact) mass is 515 g/mol. The van der Waals surface area contributed by atoms with Crippen LogP contribution < -0.4 is 4.57 Å². The van der Waals surface area contributed by atoms with Crippen LogP contribution in [-0.2, 0) is 0 Å². The van der Waals surface area contributed by atoms with E-state index in [1.165, 1.54) is 180 Å². The highest BCUT2D eigenvalue weighted by atomic mass is 15.0. The van der Waals surface area contributed by atoms with Crippen LogP contribution in [0.1, 0.15) is 200 Å². The maximum absolute atomic E-state index is 2.50. The highest BCUT2D eigenvalue weighted by Crippen LogP contribution is 2.20. The third kappa shape index (κ3) is 22.8. The molecule has 0 fully saturated rings. The molecule has 1 aromatic rings. The fourth-order valence-electron chi connectivity index (χ4n) is 5.89. The summed E-state index contributed by atoms with van der Waals surface area (Å²) in [5.41, 5.74) is 0. The summed E-state index contributed by atoms with van der Waals surface area (Å²) in [6, 6.07) is 7.28. The van der Waals surface area contributed by atoms with Gasteiger partial charge in [0.1, 0.15) is 0 Å². The first-order chi connectivity index (χ1) is 18.4. The van der Waals surface area contributed by atoms with Crippen molar-refractivity contribution in [1.29, 1.82) is 0 Å². The standard InChI is InChI=1S/C36H68N/c1-3-5-7-9-11-13-15-16-17-18-19-20-22-24-26-29-33-36(37-34-30-27-31-35-37)32-28-25-23-21-14-12-10-8-6-4-2/h27,30-31,34-36H,3-26,28-29,32-33H2,1-2H3/q+1. The molecule has 0 N–H and O–H groups in total. The van der Waals surface area contributed by atoms with Crippen LogP contribution in [0.25, 0.3) is 0 Å². The van der Waals surface area contributed by atoms with Crippen molar-refractivity contribution in [2.45, 2.75) is 200 Å². The second-order valence-electron chi connectivity index (χ2n) is 12.0. The Labute approximate surface area is 234 Å². The number of nitrogens with zero attached hydrogens (tertiary/aromatic N) is 1. The van der Waals surface area contributed by atoms with E-state index in [0.717, 1.165) is 0 Å². The van der Waals surface area contributed by atoms with E-state index in [0.29, 0.717) is 6.04 Å². The predicted octanol–water partition coefficient (Wildman–Crippen LogP) is 12.5. The predicted molar refractivity (Wildman–Crippen MR) is 166 cm³/mol. The molecule has 1 aromatic heterocycles. The largest absolute Gasteiger partial charge is 0.202 e.